The fourth-order valence-electron chi connectivity index (χ4n) is 1.53. The molecule has 2 N–H and O–H groups in total. The predicted molar refractivity (Wildman–Crippen MR) is 65.8 cm³/mol. The lowest BCUT2D eigenvalue weighted by Crippen LogP contribution is -2.26. The number of amides is 1. The highest BCUT2D eigenvalue weighted by molar-refractivity contribution is 5.75. The molecule has 94 valence electrons. The monoisotopic (exact) mass is 246 g/mol. The number of hydrogen-bond donors (Lipinski definition) is 2. The molecule has 18 heavy (non-hydrogen) atoms. The molecule has 0 atom stereocenters. The summed E-state index contributed by atoms with van der Waals surface area (Å²) >= 11 is 0. The van der Waals surface area contributed by atoms with E-state index in [4.69, 9.17) is 0 Å². The Morgan fingerprint density at radius 1 is 1.39 bits per heavy atom. The van der Waals surface area contributed by atoms with Crippen molar-refractivity contribution in [3.05, 3.63) is 52.7 Å². The zero-order valence-corrected chi connectivity index (χ0v) is 9.80. The molecule has 0 saturated carbocycles. The molecule has 0 aliphatic heterocycles. The molecule has 1 amide bonds. The van der Waals surface area contributed by atoms with Gasteiger partial charge in [0.1, 0.15) is 0 Å². The van der Waals surface area contributed by atoms with Crippen LogP contribution in [0.15, 0.2) is 41.5 Å². The van der Waals surface area contributed by atoms with Gasteiger partial charge < -0.3 is 9.88 Å². The predicted octanol–water partition coefficient (Wildman–Crippen LogP) is 0.278. The third kappa shape index (κ3) is 3.31. The first-order chi connectivity index (χ1) is 8.75. The van der Waals surface area contributed by atoms with Crippen molar-refractivity contribution < 1.29 is 4.79 Å². The summed E-state index contributed by atoms with van der Waals surface area (Å²) < 4.78 is 1.51. The Morgan fingerprint density at radius 2 is 2.28 bits per heavy atom. The normalized spacial score (nSPS) is 10.2. The van der Waals surface area contributed by atoms with Crippen molar-refractivity contribution in [2.45, 2.75) is 19.5 Å². The summed E-state index contributed by atoms with van der Waals surface area (Å²) in [4.78, 5) is 23.0. The Kier molecular flexibility index (Phi) is 3.90. The van der Waals surface area contributed by atoms with Crippen LogP contribution in [0.5, 0.6) is 0 Å². The molecule has 6 heteroatoms. The standard InChI is InChI=1S/C12H14N4O2/c17-11(13-9-10-4-6-14-15-10)5-8-16-7-2-1-3-12(16)18/h1-4,6-7H,5,8-9H2,(H,13,17)(H,14,15). The number of carbonyl (C=O) groups excluding carboxylic acids is 1. The Hall–Kier alpha value is -2.37. The van der Waals surface area contributed by atoms with E-state index in [2.05, 4.69) is 15.5 Å². The molecule has 2 aromatic rings. The maximum Gasteiger partial charge on any atom is 0.250 e. The van der Waals surface area contributed by atoms with Crippen LogP contribution in [0.2, 0.25) is 0 Å². The molecule has 2 heterocycles. The van der Waals surface area contributed by atoms with Crippen LogP contribution in [0.1, 0.15) is 12.1 Å². The van der Waals surface area contributed by atoms with Crippen LogP contribution in [0.25, 0.3) is 0 Å². The second kappa shape index (κ2) is 5.81. The van der Waals surface area contributed by atoms with Gasteiger partial charge in [-0.1, -0.05) is 6.07 Å². The molecule has 2 rings (SSSR count). The van der Waals surface area contributed by atoms with Crippen LogP contribution in [0.4, 0.5) is 0 Å². The van der Waals surface area contributed by atoms with Crippen molar-refractivity contribution in [3.63, 3.8) is 0 Å². The number of pyridine rings is 1. The molecule has 0 unspecified atom stereocenters. The number of carbonyl (C=O) groups is 1. The van der Waals surface area contributed by atoms with E-state index in [-0.39, 0.29) is 17.9 Å². The van der Waals surface area contributed by atoms with Crippen molar-refractivity contribution in [1.29, 1.82) is 0 Å². The van der Waals surface area contributed by atoms with Gasteiger partial charge in [-0.2, -0.15) is 5.10 Å². The first kappa shape index (κ1) is 12.1. The highest BCUT2D eigenvalue weighted by Crippen LogP contribution is 1.92. The molecule has 0 bridgehead atoms. The number of aromatic amines is 1. The highest BCUT2D eigenvalue weighted by Gasteiger charge is 2.03. The van der Waals surface area contributed by atoms with Gasteiger partial charge in [-0.3, -0.25) is 14.7 Å². The van der Waals surface area contributed by atoms with Crippen LogP contribution >= 0.6 is 0 Å². The topological polar surface area (TPSA) is 79.8 Å². The summed E-state index contributed by atoms with van der Waals surface area (Å²) in [5, 5.41) is 9.29. The van der Waals surface area contributed by atoms with Gasteiger partial charge in [0.15, 0.2) is 0 Å². The van der Waals surface area contributed by atoms with Gasteiger partial charge in [-0.15, -0.1) is 0 Å². The summed E-state index contributed by atoms with van der Waals surface area (Å²) in [5.41, 5.74) is 0.749. The van der Waals surface area contributed by atoms with E-state index < -0.39 is 0 Å². The van der Waals surface area contributed by atoms with Crippen LogP contribution in [-0.4, -0.2) is 20.7 Å². The molecule has 0 aromatic carbocycles. The quantitative estimate of drug-likeness (QED) is 0.795. The second-order valence-electron chi connectivity index (χ2n) is 3.84. The van der Waals surface area contributed by atoms with Gasteiger partial charge in [0.05, 0.1) is 12.2 Å². The number of hydrogen-bond acceptors (Lipinski definition) is 3. The van der Waals surface area contributed by atoms with Crippen LogP contribution in [0, 0.1) is 0 Å². The average Bonchev–Trinajstić information content (AvgIpc) is 2.88. The smallest absolute Gasteiger partial charge is 0.250 e. The average molecular weight is 246 g/mol. The zero-order valence-electron chi connectivity index (χ0n) is 9.80. The molecule has 2 aromatic heterocycles. The number of aromatic nitrogens is 3. The van der Waals surface area contributed by atoms with Gasteiger partial charge in [0.2, 0.25) is 5.91 Å². The lowest BCUT2D eigenvalue weighted by Gasteiger charge is -2.05. The van der Waals surface area contributed by atoms with E-state index in [1.165, 1.54) is 10.6 Å². The van der Waals surface area contributed by atoms with Crippen molar-refractivity contribution >= 4 is 5.91 Å². The maximum atomic E-state index is 11.6. The van der Waals surface area contributed by atoms with Crippen LogP contribution in [0.3, 0.4) is 0 Å². The molecule has 0 radical (unpaired) electrons. The van der Waals surface area contributed by atoms with Gasteiger partial charge >= 0.3 is 0 Å². The first-order valence-corrected chi connectivity index (χ1v) is 5.66. The van der Waals surface area contributed by atoms with E-state index in [1.807, 2.05) is 0 Å². The summed E-state index contributed by atoms with van der Waals surface area (Å²) in [5.74, 6) is -0.0969. The molecular formula is C12H14N4O2. The molecular weight excluding hydrogens is 232 g/mol. The van der Waals surface area contributed by atoms with Gasteiger partial charge in [-0.25, -0.2) is 0 Å². The van der Waals surface area contributed by atoms with E-state index >= 15 is 0 Å². The van der Waals surface area contributed by atoms with E-state index in [9.17, 15) is 9.59 Å². The summed E-state index contributed by atoms with van der Waals surface area (Å²) in [6, 6.07) is 6.71. The SMILES string of the molecule is O=C(CCn1ccccc1=O)NCc1ccn[nH]1. The minimum Gasteiger partial charge on any atom is -0.350 e. The summed E-state index contributed by atoms with van der Waals surface area (Å²) in [6.45, 7) is 0.803. The fourth-order valence-corrected chi connectivity index (χ4v) is 1.53. The number of aryl methyl sites for hydroxylation is 1. The van der Waals surface area contributed by atoms with E-state index in [1.54, 1.807) is 30.6 Å². The first-order valence-electron chi connectivity index (χ1n) is 5.66. The molecule has 0 spiro atoms. The maximum absolute atomic E-state index is 11.6. The summed E-state index contributed by atoms with van der Waals surface area (Å²) in [7, 11) is 0. The third-order valence-electron chi connectivity index (χ3n) is 2.51. The molecule has 0 aliphatic carbocycles. The highest BCUT2D eigenvalue weighted by atomic mass is 16.1. The Labute approximate surface area is 104 Å². The second-order valence-corrected chi connectivity index (χ2v) is 3.84. The Morgan fingerprint density at radius 3 is 3.00 bits per heavy atom. The van der Waals surface area contributed by atoms with Crippen LogP contribution < -0.4 is 10.9 Å². The van der Waals surface area contributed by atoms with Crippen molar-refractivity contribution in [2.24, 2.45) is 0 Å². The summed E-state index contributed by atoms with van der Waals surface area (Å²) in [6.07, 6.45) is 3.58. The third-order valence-corrected chi connectivity index (χ3v) is 2.51. The minimum absolute atomic E-state index is 0.0969. The number of nitrogens with zero attached hydrogens (tertiary/aromatic N) is 2. The van der Waals surface area contributed by atoms with Gasteiger partial charge in [-0.05, 0) is 12.1 Å². The zero-order chi connectivity index (χ0) is 12.8. The molecule has 0 saturated heterocycles. The van der Waals surface area contributed by atoms with Gasteiger partial charge in [0.25, 0.3) is 5.56 Å². The number of nitrogens with one attached hydrogen (secondary N) is 2. The lowest BCUT2D eigenvalue weighted by atomic mass is 10.3. The lowest BCUT2D eigenvalue weighted by molar-refractivity contribution is -0.121. The number of H-pyrrole nitrogens is 1. The Bertz CT molecular complexity index is 559. The van der Waals surface area contributed by atoms with Crippen LogP contribution in [-0.2, 0) is 17.9 Å². The van der Waals surface area contributed by atoms with E-state index in [0.29, 0.717) is 13.1 Å². The van der Waals surface area contributed by atoms with Crippen molar-refractivity contribution in [1.82, 2.24) is 20.1 Å². The minimum atomic E-state index is -0.0983. The van der Waals surface area contributed by atoms with E-state index in [0.717, 1.165) is 5.69 Å². The fraction of sp³-hybridized carbons (Fsp3) is 0.250. The largest absolute Gasteiger partial charge is 0.350 e. The molecule has 0 fully saturated rings. The van der Waals surface area contributed by atoms with Gasteiger partial charge in [0, 0.05) is 31.4 Å². The number of rotatable bonds is 5. The van der Waals surface area contributed by atoms with Crippen molar-refractivity contribution in [3.8, 4) is 0 Å². The van der Waals surface area contributed by atoms with Crippen molar-refractivity contribution in [2.75, 3.05) is 0 Å². The molecule has 6 nitrogen and oxygen atoms in total. The molecule has 0 aliphatic rings. The Balaban J connectivity index is 1.78.